The summed E-state index contributed by atoms with van der Waals surface area (Å²) in [6.07, 6.45) is 2.06. The molecule has 0 saturated carbocycles. The van der Waals surface area contributed by atoms with Crippen LogP contribution in [0.1, 0.15) is 15.9 Å². The van der Waals surface area contributed by atoms with Crippen molar-refractivity contribution in [2.75, 3.05) is 39.5 Å². The number of rotatable bonds is 2. The Morgan fingerprint density at radius 2 is 1.89 bits per heavy atom. The normalized spacial score (nSPS) is 16.9. The van der Waals surface area contributed by atoms with E-state index in [1.807, 2.05) is 23.1 Å². The van der Waals surface area contributed by atoms with Crippen LogP contribution in [0.15, 0.2) is 23.1 Å². The van der Waals surface area contributed by atoms with Crippen molar-refractivity contribution in [2.45, 2.75) is 11.8 Å². The van der Waals surface area contributed by atoms with Gasteiger partial charge in [0.2, 0.25) is 0 Å². The zero-order valence-electron chi connectivity index (χ0n) is 11.3. The van der Waals surface area contributed by atoms with Crippen LogP contribution in [0.3, 0.4) is 0 Å². The van der Waals surface area contributed by atoms with Crippen LogP contribution in [0.25, 0.3) is 0 Å². The number of hydrogen-bond donors (Lipinski definition) is 0. The van der Waals surface area contributed by atoms with Gasteiger partial charge < -0.3 is 9.80 Å². The number of piperazine rings is 1. The first kappa shape index (κ1) is 13.4. The van der Waals surface area contributed by atoms with Crippen LogP contribution in [0, 0.1) is 6.92 Å². The summed E-state index contributed by atoms with van der Waals surface area (Å²) in [5.74, 6) is 0.166. The van der Waals surface area contributed by atoms with Crippen molar-refractivity contribution in [3.8, 4) is 0 Å². The number of carbonyl (C=O) groups is 1. The molecule has 1 aromatic carbocycles. The van der Waals surface area contributed by atoms with E-state index in [4.69, 9.17) is 0 Å². The lowest BCUT2D eigenvalue weighted by molar-refractivity contribution is 0.0664. The maximum absolute atomic E-state index is 12.4. The summed E-state index contributed by atoms with van der Waals surface area (Å²) in [6, 6.07) is 6.00. The number of benzene rings is 1. The second-order valence-corrected chi connectivity index (χ2v) is 5.63. The van der Waals surface area contributed by atoms with Crippen molar-refractivity contribution in [1.82, 2.24) is 9.80 Å². The summed E-state index contributed by atoms with van der Waals surface area (Å²) in [5.41, 5.74) is 2.00. The van der Waals surface area contributed by atoms with Crippen LogP contribution in [0.2, 0.25) is 0 Å². The lowest BCUT2D eigenvalue weighted by atomic mass is 10.1. The second-order valence-electron chi connectivity index (χ2n) is 4.78. The fourth-order valence-corrected chi connectivity index (χ4v) is 2.79. The number of aryl methyl sites for hydroxylation is 1. The van der Waals surface area contributed by atoms with Crippen molar-refractivity contribution in [3.05, 3.63) is 29.3 Å². The van der Waals surface area contributed by atoms with E-state index in [-0.39, 0.29) is 5.91 Å². The summed E-state index contributed by atoms with van der Waals surface area (Å²) in [7, 11) is 2.10. The molecule has 1 fully saturated rings. The first-order chi connectivity index (χ1) is 8.61. The van der Waals surface area contributed by atoms with Gasteiger partial charge in [-0.25, -0.2) is 0 Å². The molecule has 0 bridgehead atoms. The molecule has 1 aromatic rings. The molecule has 0 spiro atoms. The topological polar surface area (TPSA) is 23.6 Å². The molecule has 4 heteroatoms. The highest BCUT2D eigenvalue weighted by atomic mass is 32.2. The molecule has 98 valence electrons. The molecule has 18 heavy (non-hydrogen) atoms. The summed E-state index contributed by atoms with van der Waals surface area (Å²) < 4.78 is 0. The SMILES string of the molecule is CSc1ccc(C(=O)N2CCN(C)CC2)cc1C. The molecule has 1 heterocycles. The lowest BCUT2D eigenvalue weighted by Crippen LogP contribution is -2.47. The molecule has 0 aliphatic carbocycles. The van der Waals surface area contributed by atoms with E-state index in [0.717, 1.165) is 31.7 Å². The number of thioether (sulfide) groups is 1. The molecule has 1 saturated heterocycles. The average molecular weight is 264 g/mol. The smallest absolute Gasteiger partial charge is 0.253 e. The minimum absolute atomic E-state index is 0.166. The molecule has 0 atom stereocenters. The molecule has 2 rings (SSSR count). The van der Waals surface area contributed by atoms with Gasteiger partial charge in [0.15, 0.2) is 0 Å². The Morgan fingerprint density at radius 3 is 2.44 bits per heavy atom. The number of likely N-dealkylation sites (N-methyl/N-ethyl adjacent to an activating group) is 1. The summed E-state index contributed by atoms with van der Waals surface area (Å²) in [4.78, 5) is 17.8. The van der Waals surface area contributed by atoms with E-state index in [9.17, 15) is 4.79 Å². The van der Waals surface area contributed by atoms with Gasteiger partial charge in [-0.1, -0.05) is 0 Å². The average Bonchev–Trinajstić information content (AvgIpc) is 2.38. The minimum atomic E-state index is 0.166. The van der Waals surface area contributed by atoms with Gasteiger partial charge in [0.25, 0.3) is 5.91 Å². The first-order valence-corrected chi connectivity index (χ1v) is 7.47. The van der Waals surface area contributed by atoms with Crippen LogP contribution >= 0.6 is 11.8 Å². The molecule has 1 aliphatic heterocycles. The van der Waals surface area contributed by atoms with Crippen LogP contribution in [0.4, 0.5) is 0 Å². The van der Waals surface area contributed by atoms with Crippen molar-refractivity contribution < 1.29 is 4.79 Å². The second kappa shape index (κ2) is 5.76. The molecule has 0 N–H and O–H groups in total. The summed E-state index contributed by atoms with van der Waals surface area (Å²) in [6.45, 7) is 5.66. The van der Waals surface area contributed by atoms with Crippen LogP contribution < -0.4 is 0 Å². The standard InChI is InChI=1S/C14H20N2OS/c1-11-10-12(4-5-13(11)18-3)14(17)16-8-6-15(2)7-9-16/h4-5,10H,6-9H2,1-3H3. The minimum Gasteiger partial charge on any atom is -0.336 e. The fraction of sp³-hybridized carbons (Fsp3) is 0.500. The Hall–Kier alpha value is -1.00. The van der Waals surface area contributed by atoms with Gasteiger partial charge in [0.1, 0.15) is 0 Å². The van der Waals surface area contributed by atoms with Crippen LogP contribution in [-0.4, -0.2) is 55.2 Å². The number of hydrogen-bond acceptors (Lipinski definition) is 3. The Morgan fingerprint density at radius 1 is 1.22 bits per heavy atom. The lowest BCUT2D eigenvalue weighted by Gasteiger charge is -2.32. The maximum Gasteiger partial charge on any atom is 0.253 e. The summed E-state index contributed by atoms with van der Waals surface area (Å²) in [5, 5.41) is 0. The Balaban J connectivity index is 2.11. The predicted molar refractivity (Wildman–Crippen MR) is 76.4 cm³/mol. The Kier molecular flexibility index (Phi) is 4.30. The molecule has 1 aliphatic rings. The molecular weight excluding hydrogens is 244 g/mol. The highest BCUT2D eigenvalue weighted by Gasteiger charge is 2.20. The Labute approximate surface area is 113 Å². The Bertz CT molecular complexity index is 439. The quantitative estimate of drug-likeness (QED) is 0.764. The van der Waals surface area contributed by atoms with Gasteiger partial charge in [0.05, 0.1) is 0 Å². The van der Waals surface area contributed by atoms with Gasteiger partial charge in [-0.2, -0.15) is 0 Å². The van der Waals surface area contributed by atoms with Gasteiger partial charge >= 0.3 is 0 Å². The van der Waals surface area contributed by atoms with E-state index < -0.39 is 0 Å². The van der Waals surface area contributed by atoms with Crippen molar-refractivity contribution >= 4 is 17.7 Å². The molecule has 3 nitrogen and oxygen atoms in total. The third-order valence-corrected chi connectivity index (χ3v) is 4.33. The van der Waals surface area contributed by atoms with E-state index in [1.54, 1.807) is 11.8 Å². The van der Waals surface area contributed by atoms with Gasteiger partial charge in [-0.15, -0.1) is 11.8 Å². The highest BCUT2D eigenvalue weighted by Crippen LogP contribution is 2.21. The molecule has 1 amide bonds. The van der Waals surface area contributed by atoms with Gasteiger partial charge in [-0.05, 0) is 44.0 Å². The van der Waals surface area contributed by atoms with E-state index >= 15 is 0 Å². The fourth-order valence-electron chi connectivity index (χ4n) is 2.20. The molecule has 0 unspecified atom stereocenters. The zero-order valence-corrected chi connectivity index (χ0v) is 12.1. The zero-order chi connectivity index (χ0) is 13.1. The van der Waals surface area contributed by atoms with Crippen LogP contribution in [0.5, 0.6) is 0 Å². The molecular formula is C14H20N2OS. The van der Waals surface area contributed by atoms with Gasteiger partial charge in [-0.3, -0.25) is 4.79 Å². The number of carbonyl (C=O) groups excluding carboxylic acids is 1. The first-order valence-electron chi connectivity index (χ1n) is 6.24. The van der Waals surface area contributed by atoms with E-state index in [1.165, 1.54) is 10.5 Å². The van der Waals surface area contributed by atoms with Crippen molar-refractivity contribution in [3.63, 3.8) is 0 Å². The van der Waals surface area contributed by atoms with Crippen molar-refractivity contribution in [2.24, 2.45) is 0 Å². The largest absolute Gasteiger partial charge is 0.336 e. The molecule has 0 radical (unpaired) electrons. The predicted octanol–water partition coefficient (Wildman–Crippen LogP) is 2.10. The van der Waals surface area contributed by atoms with Gasteiger partial charge in [0, 0.05) is 36.6 Å². The third kappa shape index (κ3) is 2.87. The van der Waals surface area contributed by atoms with Crippen LogP contribution in [-0.2, 0) is 0 Å². The maximum atomic E-state index is 12.4. The highest BCUT2D eigenvalue weighted by molar-refractivity contribution is 7.98. The molecule has 0 aromatic heterocycles. The van der Waals surface area contributed by atoms with E-state index in [0.29, 0.717) is 0 Å². The summed E-state index contributed by atoms with van der Waals surface area (Å²) >= 11 is 1.72. The third-order valence-electron chi connectivity index (χ3n) is 3.43. The number of nitrogens with zero attached hydrogens (tertiary/aromatic N) is 2. The van der Waals surface area contributed by atoms with Crippen molar-refractivity contribution in [1.29, 1.82) is 0 Å². The van der Waals surface area contributed by atoms with E-state index in [2.05, 4.69) is 25.1 Å². The monoisotopic (exact) mass is 264 g/mol. The number of amides is 1.